The van der Waals surface area contributed by atoms with E-state index in [2.05, 4.69) is 31.3 Å². The minimum Gasteiger partial charge on any atom is -0.346 e. The van der Waals surface area contributed by atoms with Gasteiger partial charge in [-0.25, -0.2) is 34.9 Å². The second kappa shape index (κ2) is 12.0. The number of halogens is 7. The third-order valence-corrected chi connectivity index (χ3v) is 11.8. The molecule has 5 aromatic rings. The predicted octanol–water partition coefficient (Wildman–Crippen LogP) is 7.68. The summed E-state index contributed by atoms with van der Waals surface area (Å²) in [5.41, 5.74) is 0.280. The molecule has 16 heteroatoms. The number of carbonyl (C=O) groups is 1. The fourth-order valence-electron chi connectivity index (χ4n) is 7.27. The summed E-state index contributed by atoms with van der Waals surface area (Å²) in [7, 11) is -4.20. The first-order chi connectivity index (χ1) is 23.5. The second-order valence-electron chi connectivity index (χ2n) is 12.9. The average Bonchev–Trinajstić information content (AvgIpc) is 3.45. The Hall–Kier alpha value is -4.18. The van der Waals surface area contributed by atoms with Gasteiger partial charge in [0.1, 0.15) is 29.6 Å². The lowest BCUT2D eigenvalue weighted by Gasteiger charge is -2.22. The summed E-state index contributed by atoms with van der Waals surface area (Å²) in [5, 5.41) is 6.74. The van der Waals surface area contributed by atoms with Crippen molar-refractivity contribution in [1.82, 2.24) is 24.1 Å². The van der Waals surface area contributed by atoms with Crippen LogP contribution < -0.4 is 5.32 Å². The zero-order valence-electron chi connectivity index (χ0n) is 26.6. The van der Waals surface area contributed by atoms with Crippen LogP contribution >= 0.6 is 15.9 Å². The summed E-state index contributed by atoms with van der Waals surface area (Å²) in [6, 6.07) is 8.08. The number of amides is 1. The van der Waals surface area contributed by atoms with Crippen LogP contribution in [0.1, 0.15) is 69.7 Å². The number of rotatable bonds is 9. The van der Waals surface area contributed by atoms with Gasteiger partial charge in [0.2, 0.25) is 5.91 Å². The van der Waals surface area contributed by atoms with Gasteiger partial charge in [-0.1, -0.05) is 17.7 Å². The van der Waals surface area contributed by atoms with Gasteiger partial charge in [-0.05, 0) is 96.4 Å². The number of fused-ring (bicyclic) bond motifs is 4. The molecular weight excluding hydrogens is 752 g/mol. The third-order valence-electron chi connectivity index (χ3n) is 9.22. The van der Waals surface area contributed by atoms with Crippen molar-refractivity contribution in [1.29, 1.82) is 0 Å². The molecule has 262 valence electrons. The second-order valence-corrected chi connectivity index (χ2v) is 15.5. The van der Waals surface area contributed by atoms with Gasteiger partial charge in [-0.2, -0.15) is 13.9 Å². The highest BCUT2D eigenvalue weighted by Crippen LogP contribution is 2.68. The minimum atomic E-state index is -4.20. The van der Waals surface area contributed by atoms with Crippen LogP contribution in [0.2, 0.25) is 0 Å². The molecule has 3 aromatic heterocycles. The molecule has 50 heavy (non-hydrogen) atoms. The van der Waals surface area contributed by atoms with Gasteiger partial charge in [0, 0.05) is 33.6 Å². The van der Waals surface area contributed by atoms with Gasteiger partial charge in [0.25, 0.3) is 22.4 Å². The van der Waals surface area contributed by atoms with Gasteiger partial charge in [-0.3, -0.25) is 9.48 Å². The molecule has 0 saturated heterocycles. The number of aryl methyl sites for hydroxylation is 3. The molecule has 1 saturated carbocycles. The van der Waals surface area contributed by atoms with E-state index in [0.29, 0.717) is 27.3 Å². The van der Waals surface area contributed by atoms with Gasteiger partial charge in [0.15, 0.2) is 5.65 Å². The van der Waals surface area contributed by atoms with Crippen molar-refractivity contribution in [3.05, 3.63) is 110 Å². The van der Waals surface area contributed by atoms with E-state index in [0.717, 1.165) is 21.7 Å². The molecular formula is C34H28BrF6N5O3S. The topological polar surface area (TPSA) is 98.9 Å². The van der Waals surface area contributed by atoms with E-state index in [1.807, 2.05) is 6.92 Å². The van der Waals surface area contributed by atoms with Crippen LogP contribution in [-0.4, -0.2) is 33.1 Å². The SMILES string of the molecule is Cc1cc(C)c(S(=O)(=O)n2ccc3cc(Br)c(C(Cc4cc(F)cc(F)c4)NC(=O)Cn4nc(C(F)F)c5c4C(F)(F)[C@@H]4C[C@H]54)nc32)c(C)c1. The number of carbonyl (C=O) groups excluding carboxylic acids is 1. The van der Waals surface area contributed by atoms with Gasteiger partial charge >= 0.3 is 0 Å². The van der Waals surface area contributed by atoms with E-state index < -0.39 is 75.7 Å². The van der Waals surface area contributed by atoms with Gasteiger partial charge in [0.05, 0.1) is 16.6 Å². The molecule has 0 aliphatic heterocycles. The number of pyridine rings is 1. The molecule has 1 N–H and O–H groups in total. The number of benzene rings is 2. The highest BCUT2D eigenvalue weighted by atomic mass is 79.9. The quantitative estimate of drug-likeness (QED) is 0.155. The lowest BCUT2D eigenvalue weighted by atomic mass is 10.0. The Kier molecular flexibility index (Phi) is 8.20. The molecule has 7 rings (SSSR count). The van der Waals surface area contributed by atoms with Crippen molar-refractivity contribution >= 4 is 42.9 Å². The van der Waals surface area contributed by atoms with Crippen LogP contribution in [0.5, 0.6) is 0 Å². The summed E-state index contributed by atoms with van der Waals surface area (Å²) in [6.45, 7) is 4.33. The van der Waals surface area contributed by atoms with Crippen molar-refractivity contribution in [3.63, 3.8) is 0 Å². The maximum Gasteiger partial charge on any atom is 0.293 e. The Bertz CT molecular complexity index is 2300. The maximum atomic E-state index is 15.2. The van der Waals surface area contributed by atoms with E-state index in [4.69, 9.17) is 0 Å². The summed E-state index contributed by atoms with van der Waals surface area (Å²) in [6.07, 6.45) is -2.03. The first kappa shape index (κ1) is 34.3. The van der Waals surface area contributed by atoms with E-state index in [-0.39, 0.29) is 44.7 Å². The van der Waals surface area contributed by atoms with Crippen molar-refractivity contribution in [2.75, 3.05) is 0 Å². The highest BCUT2D eigenvalue weighted by Gasteiger charge is 2.67. The molecule has 1 amide bonds. The molecule has 2 aromatic carbocycles. The zero-order chi connectivity index (χ0) is 36.0. The third kappa shape index (κ3) is 5.69. The van der Waals surface area contributed by atoms with Gasteiger partial charge in [-0.15, -0.1) is 0 Å². The van der Waals surface area contributed by atoms with Crippen LogP contribution in [0.4, 0.5) is 26.3 Å². The monoisotopic (exact) mass is 779 g/mol. The number of hydrogen-bond donors (Lipinski definition) is 1. The number of hydrogen-bond acceptors (Lipinski definition) is 5. The Morgan fingerprint density at radius 3 is 2.34 bits per heavy atom. The Morgan fingerprint density at radius 2 is 1.70 bits per heavy atom. The molecule has 1 fully saturated rings. The molecule has 2 aliphatic carbocycles. The summed E-state index contributed by atoms with van der Waals surface area (Å²) in [4.78, 5) is 18.2. The van der Waals surface area contributed by atoms with Crippen LogP contribution in [0.3, 0.4) is 0 Å². The Balaban J connectivity index is 1.29. The van der Waals surface area contributed by atoms with E-state index in [1.165, 1.54) is 12.3 Å². The Labute approximate surface area is 290 Å². The standard InChI is InChI=1S/C34H28BrF6N5O3S/c1-15-6-16(2)30(17(3)7-15)50(48,49)46-5-4-19-11-24(35)28(43-33(19)46)25(10-18-8-20(36)12-21(37)9-18)42-26(47)14-45-31-27(29(44-45)32(38)39)22-13-23(22)34(31,40)41/h4-9,11-12,22-23,25,32H,10,13-14H2,1-3H3,(H,42,47)/t22-,23+,25?/m0/s1. The molecule has 1 unspecified atom stereocenters. The van der Waals surface area contributed by atoms with Crippen molar-refractivity contribution < 1.29 is 39.6 Å². The molecule has 3 atom stereocenters. The normalized spacial score (nSPS) is 18.4. The average molecular weight is 781 g/mol. The highest BCUT2D eigenvalue weighted by molar-refractivity contribution is 9.10. The van der Waals surface area contributed by atoms with Crippen molar-refractivity contribution in [2.24, 2.45) is 5.92 Å². The van der Waals surface area contributed by atoms with Crippen LogP contribution in [-0.2, 0) is 33.7 Å². The van der Waals surface area contributed by atoms with E-state index >= 15 is 8.78 Å². The van der Waals surface area contributed by atoms with Crippen LogP contribution in [0, 0.1) is 38.3 Å². The lowest BCUT2D eigenvalue weighted by molar-refractivity contribution is -0.123. The maximum absolute atomic E-state index is 15.2. The molecule has 8 nitrogen and oxygen atoms in total. The predicted molar refractivity (Wildman–Crippen MR) is 174 cm³/mol. The number of nitrogens with zero attached hydrogens (tertiary/aromatic N) is 4. The molecule has 0 bridgehead atoms. The lowest BCUT2D eigenvalue weighted by Crippen LogP contribution is -2.35. The van der Waals surface area contributed by atoms with Gasteiger partial charge < -0.3 is 5.32 Å². The minimum absolute atomic E-state index is 0.0161. The summed E-state index contributed by atoms with van der Waals surface area (Å²) >= 11 is 3.42. The number of aromatic nitrogens is 4. The van der Waals surface area contributed by atoms with Crippen molar-refractivity contribution in [3.8, 4) is 0 Å². The Morgan fingerprint density at radius 1 is 1.04 bits per heavy atom. The van der Waals surface area contributed by atoms with E-state index in [1.54, 1.807) is 32.0 Å². The summed E-state index contributed by atoms with van der Waals surface area (Å²) in [5.74, 6) is -8.09. The van der Waals surface area contributed by atoms with Crippen LogP contribution in [0.15, 0.2) is 58.0 Å². The number of nitrogens with one attached hydrogen (secondary N) is 1. The first-order valence-corrected chi connectivity index (χ1v) is 17.7. The zero-order valence-corrected chi connectivity index (χ0v) is 29.0. The number of alkyl halides is 4. The molecule has 0 radical (unpaired) electrons. The smallest absolute Gasteiger partial charge is 0.293 e. The largest absolute Gasteiger partial charge is 0.346 e. The first-order valence-electron chi connectivity index (χ1n) is 15.5. The summed E-state index contributed by atoms with van der Waals surface area (Å²) < 4.78 is 116. The van der Waals surface area contributed by atoms with Crippen LogP contribution in [0.25, 0.3) is 11.0 Å². The molecule has 0 spiro atoms. The fourth-order valence-corrected chi connectivity index (χ4v) is 9.60. The molecule has 2 aliphatic rings. The molecule has 3 heterocycles. The van der Waals surface area contributed by atoms with E-state index in [9.17, 15) is 30.8 Å². The van der Waals surface area contributed by atoms with Crippen molar-refractivity contribution in [2.45, 2.75) is 69.4 Å². The fraction of sp³-hybridized carbons (Fsp3) is 0.324.